The standard InChI is InChI=1S/C13H19NOS/c1-13(2,3)16-12-7-5-4-6-11(12)10-14-8-9-15/h4-7,10,15H,8-9H2,1-3H3. The Morgan fingerprint density at radius 2 is 2.00 bits per heavy atom. The van der Waals surface area contributed by atoms with Crippen molar-refractivity contribution in [3.05, 3.63) is 29.8 Å². The molecule has 0 radical (unpaired) electrons. The van der Waals surface area contributed by atoms with Crippen molar-refractivity contribution in [2.75, 3.05) is 13.2 Å². The van der Waals surface area contributed by atoms with Crippen molar-refractivity contribution in [1.29, 1.82) is 0 Å². The van der Waals surface area contributed by atoms with Crippen molar-refractivity contribution in [1.82, 2.24) is 0 Å². The van der Waals surface area contributed by atoms with Gasteiger partial charge in [0, 0.05) is 21.4 Å². The van der Waals surface area contributed by atoms with Crippen LogP contribution in [0, 0.1) is 0 Å². The molecule has 1 aromatic rings. The summed E-state index contributed by atoms with van der Waals surface area (Å²) in [7, 11) is 0. The van der Waals surface area contributed by atoms with Crippen LogP contribution in [0.25, 0.3) is 0 Å². The highest BCUT2D eigenvalue weighted by atomic mass is 32.2. The van der Waals surface area contributed by atoms with Gasteiger partial charge in [-0.2, -0.15) is 0 Å². The first kappa shape index (κ1) is 13.3. The molecule has 0 amide bonds. The molecule has 0 unspecified atom stereocenters. The van der Waals surface area contributed by atoms with Gasteiger partial charge in [0.25, 0.3) is 0 Å². The monoisotopic (exact) mass is 237 g/mol. The molecule has 0 saturated heterocycles. The zero-order valence-corrected chi connectivity index (χ0v) is 10.9. The number of benzene rings is 1. The summed E-state index contributed by atoms with van der Waals surface area (Å²) in [5, 5.41) is 8.68. The number of aliphatic hydroxyl groups is 1. The minimum Gasteiger partial charge on any atom is -0.394 e. The van der Waals surface area contributed by atoms with Gasteiger partial charge in [0.1, 0.15) is 0 Å². The van der Waals surface area contributed by atoms with Gasteiger partial charge >= 0.3 is 0 Å². The van der Waals surface area contributed by atoms with Crippen LogP contribution in [0.2, 0.25) is 0 Å². The van der Waals surface area contributed by atoms with Crippen LogP contribution < -0.4 is 0 Å². The number of nitrogens with zero attached hydrogens (tertiary/aromatic N) is 1. The Hall–Kier alpha value is -0.800. The molecular weight excluding hydrogens is 218 g/mol. The molecule has 0 aromatic heterocycles. The minimum absolute atomic E-state index is 0.102. The Labute approximate surface area is 102 Å². The molecule has 0 saturated carbocycles. The molecule has 0 bridgehead atoms. The third-order valence-corrected chi connectivity index (χ3v) is 3.00. The van der Waals surface area contributed by atoms with Crippen LogP contribution in [0.15, 0.2) is 34.2 Å². The molecule has 0 aliphatic rings. The first-order chi connectivity index (χ1) is 7.53. The van der Waals surface area contributed by atoms with Crippen LogP contribution in [-0.2, 0) is 0 Å². The number of thioether (sulfide) groups is 1. The Kier molecular flexibility index (Phi) is 5.03. The van der Waals surface area contributed by atoms with Gasteiger partial charge in [-0.25, -0.2) is 0 Å². The van der Waals surface area contributed by atoms with Gasteiger partial charge in [-0.3, -0.25) is 4.99 Å². The van der Waals surface area contributed by atoms with Gasteiger partial charge in [0.05, 0.1) is 13.2 Å². The lowest BCUT2D eigenvalue weighted by Crippen LogP contribution is -2.07. The van der Waals surface area contributed by atoms with Gasteiger partial charge in [-0.1, -0.05) is 39.0 Å². The lowest BCUT2D eigenvalue weighted by Gasteiger charge is -2.18. The third kappa shape index (κ3) is 4.81. The normalized spacial score (nSPS) is 12.2. The van der Waals surface area contributed by atoms with Crippen LogP contribution in [0.4, 0.5) is 0 Å². The van der Waals surface area contributed by atoms with E-state index in [9.17, 15) is 0 Å². The van der Waals surface area contributed by atoms with Crippen LogP contribution in [0.5, 0.6) is 0 Å². The molecule has 2 nitrogen and oxygen atoms in total. The third-order valence-electron chi connectivity index (χ3n) is 1.79. The summed E-state index contributed by atoms with van der Waals surface area (Å²) in [6, 6.07) is 8.20. The highest BCUT2D eigenvalue weighted by Gasteiger charge is 2.13. The summed E-state index contributed by atoms with van der Waals surface area (Å²) in [5.74, 6) is 0. The van der Waals surface area contributed by atoms with Crippen molar-refractivity contribution in [3.8, 4) is 0 Å². The van der Waals surface area contributed by atoms with E-state index in [-0.39, 0.29) is 11.4 Å². The van der Waals surface area contributed by atoms with E-state index >= 15 is 0 Å². The smallest absolute Gasteiger partial charge is 0.0626 e. The lowest BCUT2D eigenvalue weighted by molar-refractivity contribution is 0.307. The minimum atomic E-state index is 0.102. The quantitative estimate of drug-likeness (QED) is 0.645. The molecule has 88 valence electrons. The molecule has 3 heteroatoms. The maximum atomic E-state index is 8.68. The van der Waals surface area contributed by atoms with E-state index in [0.29, 0.717) is 6.54 Å². The predicted octanol–water partition coefficient (Wildman–Crippen LogP) is 2.99. The second kappa shape index (κ2) is 6.06. The molecule has 0 aliphatic heterocycles. The first-order valence-electron chi connectivity index (χ1n) is 5.41. The van der Waals surface area contributed by atoms with E-state index < -0.39 is 0 Å². The number of aliphatic hydroxyl groups excluding tert-OH is 1. The van der Waals surface area contributed by atoms with E-state index in [1.807, 2.05) is 30.1 Å². The van der Waals surface area contributed by atoms with Gasteiger partial charge in [0.15, 0.2) is 0 Å². The fourth-order valence-electron chi connectivity index (χ4n) is 1.23. The van der Waals surface area contributed by atoms with Crippen molar-refractivity contribution < 1.29 is 5.11 Å². The van der Waals surface area contributed by atoms with Gasteiger partial charge in [-0.15, -0.1) is 11.8 Å². The molecule has 1 rings (SSSR count). The maximum Gasteiger partial charge on any atom is 0.0626 e. The topological polar surface area (TPSA) is 32.6 Å². The number of hydrogen-bond donors (Lipinski definition) is 1. The van der Waals surface area contributed by atoms with E-state index in [0.717, 1.165) is 5.56 Å². The molecule has 1 aromatic carbocycles. The zero-order valence-electron chi connectivity index (χ0n) is 10.1. The van der Waals surface area contributed by atoms with Crippen molar-refractivity contribution >= 4 is 18.0 Å². The average Bonchev–Trinajstić information content (AvgIpc) is 2.19. The van der Waals surface area contributed by atoms with Gasteiger partial charge in [0.2, 0.25) is 0 Å². The van der Waals surface area contributed by atoms with Gasteiger partial charge < -0.3 is 5.11 Å². The molecule has 0 aliphatic carbocycles. The predicted molar refractivity (Wildman–Crippen MR) is 71.6 cm³/mol. The van der Waals surface area contributed by atoms with Crippen LogP contribution in [-0.4, -0.2) is 29.2 Å². The molecule has 16 heavy (non-hydrogen) atoms. The summed E-state index contributed by atoms with van der Waals surface area (Å²) in [6.45, 7) is 7.15. The lowest BCUT2D eigenvalue weighted by atomic mass is 10.2. The second-order valence-electron chi connectivity index (χ2n) is 4.51. The Bertz CT molecular complexity index is 355. The van der Waals surface area contributed by atoms with E-state index in [2.05, 4.69) is 37.9 Å². The fraction of sp³-hybridized carbons (Fsp3) is 0.462. The number of hydrogen-bond acceptors (Lipinski definition) is 3. The summed E-state index contributed by atoms with van der Waals surface area (Å²) in [5.41, 5.74) is 1.12. The number of rotatable bonds is 4. The van der Waals surface area contributed by atoms with Crippen molar-refractivity contribution in [2.45, 2.75) is 30.4 Å². The van der Waals surface area contributed by atoms with Crippen LogP contribution in [0.3, 0.4) is 0 Å². The fourth-order valence-corrected chi connectivity index (χ4v) is 2.28. The summed E-state index contributed by atoms with van der Waals surface area (Å²) < 4.78 is 0.195. The zero-order chi connectivity index (χ0) is 12.0. The molecule has 0 heterocycles. The molecule has 0 spiro atoms. The van der Waals surface area contributed by atoms with E-state index in [1.165, 1.54) is 4.90 Å². The van der Waals surface area contributed by atoms with Crippen LogP contribution >= 0.6 is 11.8 Å². The molecule has 0 atom stereocenters. The Balaban J connectivity index is 2.83. The Morgan fingerprint density at radius 1 is 1.31 bits per heavy atom. The summed E-state index contributed by atoms with van der Waals surface area (Å²) in [4.78, 5) is 5.40. The highest BCUT2D eigenvalue weighted by molar-refractivity contribution is 8.00. The molecular formula is C13H19NOS. The molecule has 1 N–H and O–H groups in total. The van der Waals surface area contributed by atoms with Gasteiger partial charge in [-0.05, 0) is 6.07 Å². The largest absolute Gasteiger partial charge is 0.394 e. The average molecular weight is 237 g/mol. The SMILES string of the molecule is CC(C)(C)Sc1ccccc1C=NCCO. The van der Waals surface area contributed by atoms with E-state index in [4.69, 9.17) is 5.11 Å². The summed E-state index contributed by atoms with van der Waals surface area (Å²) >= 11 is 1.83. The first-order valence-corrected chi connectivity index (χ1v) is 6.23. The summed E-state index contributed by atoms with van der Waals surface area (Å²) in [6.07, 6.45) is 1.84. The maximum absolute atomic E-state index is 8.68. The second-order valence-corrected chi connectivity index (χ2v) is 6.38. The number of aliphatic imine (C=N–C) groups is 1. The molecule has 0 fully saturated rings. The van der Waals surface area contributed by atoms with E-state index in [1.54, 1.807) is 0 Å². The van der Waals surface area contributed by atoms with Crippen LogP contribution in [0.1, 0.15) is 26.3 Å². The highest BCUT2D eigenvalue weighted by Crippen LogP contribution is 2.33. The van der Waals surface area contributed by atoms with Crippen molar-refractivity contribution in [2.24, 2.45) is 4.99 Å². The Morgan fingerprint density at radius 3 is 2.62 bits per heavy atom. The van der Waals surface area contributed by atoms with Crippen molar-refractivity contribution in [3.63, 3.8) is 0 Å².